The first-order valence-electron chi connectivity index (χ1n) is 8.58. The first kappa shape index (κ1) is 17.4. The van der Waals surface area contributed by atoms with Crippen LogP contribution in [0, 0.1) is 0 Å². The summed E-state index contributed by atoms with van der Waals surface area (Å²) in [5, 5.41) is 10.6. The second-order valence-corrected chi connectivity index (χ2v) is 7.63. The Kier molecular flexibility index (Phi) is 4.68. The van der Waals surface area contributed by atoms with Gasteiger partial charge in [0.2, 0.25) is 5.91 Å². The molecule has 3 rings (SSSR count). The Hall–Kier alpha value is -1.44. The van der Waals surface area contributed by atoms with Crippen LogP contribution in [0.3, 0.4) is 0 Å². The number of hydrogen-bond acceptors (Lipinski definition) is 5. The number of carbonyl (C=O) groups excluding carboxylic acids is 1. The lowest BCUT2D eigenvalue weighted by atomic mass is 9.77. The number of rotatable bonds is 3. The van der Waals surface area contributed by atoms with E-state index in [1.54, 1.807) is 23.3 Å². The van der Waals surface area contributed by atoms with Crippen LogP contribution in [-0.2, 0) is 16.1 Å². The molecule has 1 aromatic heterocycles. The second-order valence-electron chi connectivity index (χ2n) is 7.63. The third-order valence-corrected chi connectivity index (χ3v) is 5.48. The topological polar surface area (TPSA) is 70.8 Å². The summed E-state index contributed by atoms with van der Waals surface area (Å²) in [5.41, 5.74) is -1.05. The Morgan fingerprint density at radius 2 is 2.12 bits per heavy atom. The van der Waals surface area contributed by atoms with Crippen molar-refractivity contribution in [2.24, 2.45) is 0 Å². The van der Waals surface area contributed by atoms with Crippen molar-refractivity contribution in [2.75, 3.05) is 33.8 Å². The highest BCUT2D eigenvalue weighted by Crippen LogP contribution is 2.39. The van der Waals surface area contributed by atoms with Gasteiger partial charge in [-0.25, -0.2) is 4.98 Å². The van der Waals surface area contributed by atoms with E-state index >= 15 is 0 Å². The normalized spacial score (nSPS) is 30.0. The molecule has 0 aromatic carbocycles. The van der Waals surface area contributed by atoms with Gasteiger partial charge in [-0.05, 0) is 40.3 Å². The molecular formula is C17H28N4O3. The largest absolute Gasteiger partial charge is 0.386 e. The molecule has 3 heterocycles. The number of likely N-dealkylation sites (N-methyl/N-ethyl adjacent to an activating group) is 1. The van der Waals surface area contributed by atoms with Crippen molar-refractivity contribution < 1.29 is 14.6 Å². The van der Waals surface area contributed by atoms with Crippen molar-refractivity contribution in [1.82, 2.24) is 19.4 Å². The van der Waals surface area contributed by atoms with E-state index in [1.165, 1.54) is 0 Å². The van der Waals surface area contributed by atoms with Crippen molar-refractivity contribution in [3.05, 3.63) is 18.7 Å². The number of hydrogen-bond donors (Lipinski definition) is 1. The summed E-state index contributed by atoms with van der Waals surface area (Å²) < 4.78 is 7.90. The molecule has 2 atom stereocenters. The van der Waals surface area contributed by atoms with Crippen LogP contribution < -0.4 is 0 Å². The van der Waals surface area contributed by atoms with Gasteiger partial charge in [0.15, 0.2) is 0 Å². The van der Waals surface area contributed by atoms with Gasteiger partial charge >= 0.3 is 0 Å². The van der Waals surface area contributed by atoms with E-state index in [4.69, 9.17) is 4.74 Å². The molecule has 7 heteroatoms. The van der Waals surface area contributed by atoms with Crippen LogP contribution in [-0.4, -0.2) is 81.4 Å². The van der Waals surface area contributed by atoms with Crippen LogP contribution in [0.15, 0.2) is 18.7 Å². The number of aliphatic hydroxyl groups is 1. The molecular weight excluding hydrogens is 308 g/mol. The number of ether oxygens (including phenoxy) is 1. The van der Waals surface area contributed by atoms with Gasteiger partial charge in [0.25, 0.3) is 0 Å². The molecule has 7 nitrogen and oxygen atoms in total. The third kappa shape index (κ3) is 3.48. The van der Waals surface area contributed by atoms with Gasteiger partial charge in [0, 0.05) is 31.5 Å². The van der Waals surface area contributed by atoms with E-state index < -0.39 is 5.60 Å². The third-order valence-electron chi connectivity index (χ3n) is 5.48. The summed E-state index contributed by atoms with van der Waals surface area (Å²) in [6.07, 6.45) is 7.60. The molecule has 2 fully saturated rings. The molecule has 0 saturated carbocycles. The predicted molar refractivity (Wildman–Crippen MR) is 89.4 cm³/mol. The number of aromatic nitrogens is 2. The minimum Gasteiger partial charge on any atom is -0.386 e. The number of piperidine rings is 1. The van der Waals surface area contributed by atoms with E-state index in [2.05, 4.69) is 9.88 Å². The van der Waals surface area contributed by atoms with Crippen LogP contribution in [0.2, 0.25) is 0 Å². The molecule has 2 aliphatic rings. The van der Waals surface area contributed by atoms with Crippen LogP contribution in [0.4, 0.5) is 0 Å². The van der Waals surface area contributed by atoms with Gasteiger partial charge in [-0.1, -0.05) is 0 Å². The number of likely N-dealkylation sites (tertiary alicyclic amines) is 1. The molecule has 1 amide bonds. The van der Waals surface area contributed by atoms with Crippen molar-refractivity contribution >= 4 is 5.91 Å². The molecule has 2 saturated heterocycles. The lowest BCUT2D eigenvalue weighted by molar-refractivity contribution is -0.207. The quantitative estimate of drug-likeness (QED) is 0.862. The highest BCUT2D eigenvalue weighted by atomic mass is 16.5. The average molecular weight is 336 g/mol. The molecule has 1 aromatic rings. The maximum absolute atomic E-state index is 12.4. The Balaban J connectivity index is 1.59. The standard InChI is InChI=1S/C17H28N4O3/c1-16(23)12-24-17(10-14(16)19(2)3)4-7-21(8-5-17)15(22)11-20-9-6-18-13-20/h6,9,13-14,23H,4-5,7-8,10-12H2,1-3H3/t14-,16-/m0/s1. The number of imidazole rings is 1. The van der Waals surface area contributed by atoms with E-state index in [0.29, 0.717) is 26.2 Å². The first-order chi connectivity index (χ1) is 11.3. The molecule has 0 aliphatic carbocycles. The zero-order valence-corrected chi connectivity index (χ0v) is 14.8. The summed E-state index contributed by atoms with van der Waals surface area (Å²) in [6.45, 7) is 3.93. The number of amides is 1. The highest BCUT2D eigenvalue weighted by Gasteiger charge is 2.49. The van der Waals surface area contributed by atoms with Crippen LogP contribution in [0.25, 0.3) is 0 Å². The van der Waals surface area contributed by atoms with Crippen LogP contribution in [0.1, 0.15) is 26.2 Å². The summed E-state index contributed by atoms with van der Waals surface area (Å²) in [6, 6.07) is 0.0689. The second kappa shape index (κ2) is 6.46. The average Bonchev–Trinajstić information content (AvgIpc) is 3.03. The highest BCUT2D eigenvalue weighted by molar-refractivity contribution is 5.76. The zero-order chi connectivity index (χ0) is 17.4. The Morgan fingerprint density at radius 1 is 1.42 bits per heavy atom. The van der Waals surface area contributed by atoms with Gasteiger partial charge in [-0.15, -0.1) is 0 Å². The van der Waals surface area contributed by atoms with E-state index in [1.807, 2.05) is 25.9 Å². The fourth-order valence-electron chi connectivity index (χ4n) is 3.91. The maximum Gasteiger partial charge on any atom is 0.242 e. The van der Waals surface area contributed by atoms with Gasteiger partial charge < -0.3 is 24.2 Å². The molecule has 2 aliphatic heterocycles. The lowest BCUT2D eigenvalue weighted by Gasteiger charge is -2.52. The smallest absolute Gasteiger partial charge is 0.242 e. The summed E-state index contributed by atoms with van der Waals surface area (Å²) >= 11 is 0. The lowest BCUT2D eigenvalue weighted by Crippen LogP contribution is -2.63. The monoisotopic (exact) mass is 336 g/mol. The van der Waals surface area contributed by atoms with Gasteiger partial charge in [0.1, 0.15) is 12.1 Å². The summed E-state index contributed by atoms with van der Waals surface area (Å²) in [4.78, 5) is 20.4. The van der Waals surface area contributed by atoms with Gasteiger partial charge in [-0.3, -0.25) is 4.79 Å². The molecule has 24 heavy (non-hydrogen) atoms. The van der Waals surface area contributed by atoms with Gasteiger partial charge in [0.05, 0.1) is 18.5 Å². The SMILES string of the molecule is CN(C)[C@H]1CC2(CCN(C(=O)Cn3ccnc3)CC2)OC[C@]1(C)O. The van der Waals surface area contributed by atoms with Crippen LogP contribution >= 0.6 is 0 Å². The molecule has 134 valence electrons. The summed E-state index contributed by atoms with van der Waals surface area (Å²) in [7, 11) is 4.00. The Labute approximate surface area is 143 Å². The van der Waals surface area contributed by atoms with E-state index in [-0.39, 0.29) is 17.6 Å². The van der Waals surface area contributed by atoms with Crippen molar-refractivity contribution in [2.45, 2.75) is 50.0 Å². The van der Waals surface area contributed by atoms with E-state index in [0.717, 1.165) is 19.3 Å². The molecule has 1 N–H and O–H groups in total. The molecule has 0 unspecified atom stereocenters. The Bertz CT molecular complexity index is 562. The number of nitrogens with zero attached hydrogens (tertiary/aromatic N) is 4. The fraction of sp³-hybridized carbons (Fsp3) is 0.765. The molecule has 0 radical (unpaired) electrons. The number of carbonyl (C=O) groups is 1. The van der Waals surface area contributed by atoms with Gasteiger partial charge in [-0.2, -0.15) is 0 Å². The van der Waals surface area contributed by atoms with Crippen molar-refractivity contribution in [3.63, 3.8) is 0 Å². The Morgan fingerprint density at radius 3 is 2.71 bits per heavy atom. The van der Waals surface area contributed by atoms with Crippen molar-refractivity contribution in [1.29, 1.82) is 0 Å². The first-order valence-corrected chi connectivity index (χ1v) is 8.58. The maximum atomic E-state index is 12.4. The summed E-state index contributed by atoms with van der Waals surface area (Å²) in [5.74, 6) is 0.120. The van der Waals surface area contributed by atoms with Crippen LogP contribution in [0.5, 0.6) is 0 Å². The minimum atomic E-state index is -0.830. The predicted octanol–water partition coefficient (Wildman–Crippen LogP) is 0.346. The molecule has 0 bridgehead atoms. The van der Waals surface area contributed by atoms with E-state index in [9.17, 15) is 9.90 Å². The zero-order valence-electron chi connectivity index (χ0n) is 14.8. The molecule has 1 spiro atoms. The minimum absolute atomic E-state index is 0.0689. The van der Waals surface area contributed by atoms with Crippen molar-refractivity contribution in [3.8, 4) is 0 Å². The fourth-order valence-corrected chi connectivity index (χ4v) is 3.91.